The van der Waals surface area contributed by atoms with Crippen molar-refractivity contribution < 1.29 is 5.11 Å². The predicted molar refractivity (Wildman–Crippen MR) is 109 cm³/mol. The lowest BCUT2D eigenvalue weighted by atomic mass is 10.1. The monoisotopic (exact) mass is 395 g/mol. The van der Waals surface area contributed by atoms with Gasteiger partial charge in [0.05, 0.1) is 30.3 Å². The molecular weight excluding hydrogens is 374 g/mol. The van der Waals surface area contributed by atoms with Gasteiger partial charge in [0, 0.05) is 24.0 Å². The van der Waals surface area contributed by atoms with E-state index < -0.39 is 0 Å². The molecule has 0 aliphatic carbocycles. The van der Waals surface area contributed by atoms with Crippen LogP contribution in [-0.4, -0.2) is 33.8 Å². The zero-order valence-corrected chi connectivity index (χ0v) is 16.2. The number of nitrogens with two attached hydrogens (primary N) is 1. The van der Waals surface area contributed by atoms with Crippen LogP contribution in [0.4, 0.5) is 5.95 Å². The van der Waals surface area contributed by atoms with E-state index in [0.29, 0.717) is 33.2 Å². The van der Waals surface area contributed by atoms with Crippen molar-refractivity contribution in [3.8, 4) is 6.07 Å². The largest absolute Gasteiger partial charge is 0.391 e. The Kier molecular flexibility index (Phi) is 5.13. The second-order valence-corrected chi connectivity index (χ2v) is 8.14. The van der Waals surface area contributed by atoms with Crippen LogP contribution < -0.4 is 16.2 Å². The third-order valence-electron chi connectivity index (χ3n) is 5.03. The standard InChI is InChI=1S/C20H21N5O2S/c21-9-13-4-1-2-5-14(13)10-25-19(27)18-17(8-16(12-26)28-18)23-20(25)24-7-3-6-15(22)11-24/h1-2,4-5,8,15,26H,3,6-7,10-12,22H2/t15-/m1/s1. The summed E-state index contributed by atoms with van der Waals surface area (Å²) in [6, 6.07) is 11.3. The fraction of sp³-hybridized carbons (Fsp3) is 0.350. The number of aliphatic hydroxyl groups excluding tert-OH is 1. The Morgan fingerprint density at radius 1 is 1.39 bits per heavy atom. The molecule has 1 aliphatic heterocycles. The number of hydrogen-bond acceptors (Lipinski definition) is 7. The zero-order valence-electron chi connectivity index (χ0n) is 15.3. The van der Waals surface area contributed by atoms with Crippen molar-refractivity contribution in [3.63, 3.8) is 0 Å². The molecule has 8 heteroatoms. The Morgan fingerprint density at radius 2 is 2.21 bits per heavy atom. The lowest BCUT2D eigenvalue weighted by Gasteiger charge is -2.33. The van der Waals surface area contributed by atoms with Gasteiger partial charge in [-0.3, -0.25) is 9.36 Å². The molecule has 1 aromatic carbocycles. The summed E-state index contributed by atoms with van der Waals surface area (Å²) in [7, 11) is 0. The average molecular weight is 395 g/mol. The summed E-state index contributed by atoms with van der Waals surface area (Å²) in [5.74, 6) is 0.572. The highest BCUT2D eigenvalue weighted by Crippen LogP contribution is 2.26. The van der Waals surface area contributed by atoms with Gasteiger partial charge in [-0.05, 0) is 30.5 Å². The molecule has 0 bridgehead atoms. The van der Waals surface area contributed by atoms with Crippen molar-refractivity contribution in [1.29, 1.82) is 5.26 Å². The number of fused-ring (bicyclic) bond motifs is 1. The van der Waals surface area contributed by atoms with Crippen molar-refractivity contribution in [2.75, 3.05) is 18.0 Å². The number of rotatable bonds is 4. The molecule has 2 aromatic heterocycles. The van der Waals surface area contributed by atoms with Crippen LogP contribution in [0.5, 0.6) is 0 Å². The molecule has 1 atom stereocenters. The molecule has 3 heterocycles. The molecule has 1 fully saturated rings. The van der Waals surface area contributed by atoms with E-state index in [1.54, 1.807) is 16.7 Å². The highest BCUT2D eigenvalue weighted by Gasteiger charge is 2.23. The van der Waals surface area contributed by atoms with Crippen molar-refractivity contribution in [3.05, 3.63) is 56.7 Å². The Balaban J connectivity index is 1.88. The molecule has 4 rings (SSSR count). The van der Waals surface area contributed by atoms with E-state index in [1.807, 2.05) is 18.2 Å². The Bertz CT molecular complexity index is 1110. The van der Waals surface area contributed by atoms with E-state index in [9.17, 15) is 15.2 Å². The first-order valence-corrected chi connectivity index (χ1v) is 10.0. The fourth-order valence-electron chi connectivity index (χ4n) is 3.64. The summed E-state index contributed by atoms with van der Waals surface area (Å²) in [6.45, 7) is 1.55. The van der Waals surface area contributed by atoms with E-state index >= 15 is 0 Å². The summed E-state index contributed by atoms with van der Waals surface area (Å²) < 4.78 is 2.15. The number of nitriles is 1. The number of anilines is 1. The summed E-state index contributed by atoms with van der Waals surface area (Å²) >= 11 is 1.26. The van der Waals surface area contributed by atoms with Crippen LogP contribution in [0.15, 0.2) is 35.1 Å². The third kappa shape index (κ3) is 3.40. The average Bonchev–Trinajstić information content (AvgIpc) is 3.14. The second kappa shape index (κ2) is 7.72. The number of hydrogen-bond donors (Lipinski definition) is 2. The molecule has 0 unspecified atom stereocenters. The summed E-state index contributed by atoms with van der Waals surface area (Å²) in [5, 5.41) is 18.9. The van der Waals surface area contributed by atoms with Crippen LogP contribution in [0.2, 0.25) is 0 Å². The highest BCUT2D eigenvalue weighted by atomic mass is 32.1. The summed E-state index contributed by atoms with van der Waals surface area (Å²) in [5.41, 5.74) is 7.91. The lowest BCUT2D eigenvalue weighted by Crippen LogP contribution is -2.45. The van der Waals surface area contributed by atoms with Gasteiger partial charge in [-0.25, -0.2) is 4.98 Å². The molecule has 0 amide bonds. The van der Waals surface area contributed by atoms with Crippen LogP contribution in [-0.2, 0) is 13.2 Å². The van der Waals surface area contributed by atoms with Crippen molar-refractivity contribution in [2.45, 2.75) is 32.0 Å². The first kappa shape index (κ1) is 18.6. The molecular formula is C20H21N5O2S. The quantitative estimate of drug-likeness (QED) is 0.697. The van der Waals surface area contributed by atoms with Gasteiger partial charge in [0.2, 0.25) is 5.95 Å². The summed E-state index contributed by atoms with van der Waals surface area (Å²) in [6.07, 6.45) is 1.89. The predicted octanol–water partition coefficient (Wildman–Crippen LogP) is 1.80. The first-order valence-electron chi connectivity index (χ1n) is 9.23. The van der Waals surface area contributed by atoms with Crippen LogP contribution in [0, 0.1) is 11.3 Å². The number of nitrogens with zero attached hydrogens (tertiary/aromatic N) is 4. The van der Waals surface area contributed by atoms with Crippen LogP contribution in [0.3, 0.4) is 0 Å². The SMILES string of the molecule is N#Cc1ccccc1Cn1c(N2CCC[C@@H](N)C2)nc2cc(CO)sc2c1=O. The molecule has 28 heavy (non-hydrogen) atoms. The molecule has 7 nitrogen and oxygen atoms in total. The van der Waals surface area contributed by atoms with Crippen molar-refractivity contribution in [1.82, 2.24) is 9.55 Å². The number of aromatic nitrogens is 2. The van der Waals surface area contributed by atoms with E-state index in [2.05, 4.69) is 11.0 Å². The first-order chi connectivity index (χ1) is 13.6. The van der Waals surface area contributed by atoms with Crippen molar-refractivity contribution in [2.24, 2.45) is 5.73 Å². The Hall–Kier alpha value is -2.73. The fourth-order valence-corrected chi connectivity index (χ4v) is 4.54. The smallest absolute Gasteiger partial charge is 0.273 e. The minimum Gasteiger partial charge on any atom is -0.391 e. The number of thiophene rings is 1. The van der Waals surface area contributed by atoms with E-state index in [1.165, 1.54) is 11.3 Å². The molecule has 0 spiro atoms. The van der Waals surface area contributed by atoms with Gasteiger partial charge < -0.3 is 15.7 Å². The molecule has 0 radical (unpaired) electrons. The number of aliphatic hydroxyl groups is 1. The topological polar surface area (TPSA) is 108 Å². The minimum absolute atomic E-state index is 0.0386. The van der Waals surface area contributed by atoms with E-state index in [-0.39, 0.29) is 24.8 Å². The second-order valence-electron chi connectivity index (χ2n) is 7.01. The normalized spacial score (nSPS) is 17.0. The third-order valence-corrected chi connectivity index (χ3v) is 6.12. The molecule has 1 aliphatic rings. The zero-order chi connectivity index (χ0) is 19.7. The summed E-state index contributed by atoms with van der Waals surface area (Å²) in [4.78, 5) is 20.8. The van der Waals surface area contributed by atoms with E-state index in [0.717, 1.165) is 24.9 Å². The Morgan fingerprint density at radius 3 is 2.96 bits per heavy atom. The van der Waals surface area contributed by atoms with Gasteiger partial charge in [0.15, 0.2) is 0 Å². The van der Waals surface area contributed by atoms with Crippen LogP contribution >= 0.6 is 11.3 Å². The van der Waals surface area contributed by atoms with Gasteiger partial charge in [0.25, 0.3) is 5.56 Å². The maximum Gasteiger partial charge on any atom is 0.273 e. The van der Waals surface area contributed by atoms with Gasteiger partial charge in [-0.15, -0.1) is 11.3 Å². The molecule has 0 saturated carbocycles. The Labute approximate surface area is 166 Å². The molecule has 144 valence electrons. The van der Waals surface area contributed by atoms with Gasteiger partial charge in [0.1, 0.15) is 4.70 Å². The lowest BCUT2D eigenvalue weighted by molar-refractivity contribution is 0.285. The van der Waals surface area contributed by atoms with Crippen LogP contribution in [0.1, 0.15) is 28.8 Å². The maximum absolute atomic E-state index is 13.3. The molecule has 3 aromatic rings. The maximum atomic E-state index is 13.3. The minimum atomic E-state index is -0.156. The molecule has 1 saturated heterocycles. The highest BCUT2D eigenvalue weighted by molar-refractivity contribution is 7.18. The van der Waals surface area contributed by atoms with Crippen molar-refractivity contribution >= 4 is 27.5 Å². The van der Waals surface area contributed by atoms with Gasteiger partial charge in [-0.2, -0.15) is 5.26 Å². The van der Waals surface area contributed by atoms with Gasteiger partial charge in [-0.1, -0.05) is 18.2 Å². The molecule has 3 N–H and O–H groups in total. The van der Waals surface area contributed by atoms with Crippen LogP contribution in [0.25, 0.3) is 10.2 Å². The number of benzene rings is 1. The number of piperidine rings is 1. The van der Waals surface area contributed by atoms with E-state index in [4.69, 9.17) is 10.7 Å². The van der Waals surface area contributed by atoms with Gasteiger partial charge >= 0.3 is 0 Å².